The van der Waals surface area contributed by atoms with Crippen molar-refractivity contribution < 1.29 is 9.90 Å². The van der Waals surface area contributed by atoms with Gasteiger partial charge in [0.1, 0.15) is 0 Å². The maximum absolute atomic E-state index is 8.77. The third-order valence-corrected chi connectivity index (χ3v) is 2.21. The number of rotatable bonds is 8. The molecule has 0 aliphatic rings. The number of hydrogen-bond acceptors (Lipinski definition) is 1. The van der Waals surface area contributed by atoms with Crippen LogP contribution in [0.4, 0.5) is 4.79 Å². The first-order chi connectivity index (χ1) is 7.15. The average molecular weight is 237 g/mol. The number of unbranched alkanes of at least 4 members (excludes halogenated alkanes) is 8. The SMILES string of the molecule is CCCCCCCCCCC.O=C(O)Cl. The Bertz CT molecular complexity index is 115. The molecule has 1 N–H and O–H groups in total. The molecule has 0 aromatic carbocycles. The smallest absolute Gasteiger partial charge is 0.401 e. The summed E-state index contributed by atoms with van der Waals surface area (Å²) in [5.74, 6) is 0. The summed E-state index contributed by atoms with van der Waals surface area (Å²) >= 11 is 4.19. The molecule has 0 aromatic rings. The number of halogens is 1. The molecule has 0 bridgehead atoms. The molecule has 0 spiro atoms. The summed E-state index contributed by atoms with van der Waals surface area (Å²) < 4.78 is 0. The van der Waals surface area contributed by atoms with Crippen molar-refractivity contribution in [2.75, 3.05) is 0 Å². The maximum atomic E-state index is 8.77. The Kier molecular flexibility index (Phi) is 18.5. The minimum atomic E-state index is -1.36. The van der Waals surface area contributed by atoms with Crippen LogP contribution < -0.4 is 0 Å². The fourth-order valence-electron chi connectivity index (χ4n) is 1.38. The van der Waals surface area contributed by atoms with Gasteiger partial charge in [-0.15, -0.1) is 0 Å². The molecular weight excluding hydrogens is 212 g/mol. The van der Waals surface area contributed by atoms with E-state index >= 15 is 0 Å². The largest absolute Gasteiger partial charge is 0.469 e. The molecule has 2 nitrogen and oxygen atoms in total. The standard InChI is InChI=1S/C11H24.CHClO2/c1-3-5-7-9-11-10-8-6-4-2;2-1(3)4/h3-11H2,1-2H3;(H,3,4). The van der Waals surface area contributed by atoms with Crippen molar-refractivity contribution in [1.82, 2.24) is 0 Å². The summed E-state index contributed by atoms with van der Waals surface area (Å²) in [6.45, 7) is 4.55. The molecule has 0 atom stereocenters. The minimum Gasteiger partial charge on any atom is -0.469 e. The fourth-order valence-corrected chi connectivity index (χ4v) is 1.38. The molecule has 0 radical (unpaired) electrons. The molecule has 92 valence electrons. The van der Waals surface area contributed by atoms with Crippen molar-refractivity contribution in [2.24, 2.45) is 0 Å². The zero-order valence-corrected chi connectivity index (χ0v) is 10.9. The van der Waals surface area contributed by atoms with Crippen LogP contribution in [0.1, 0.15) is 71.6 Å². The summed E-state index contributed by atoms with van der Waals surface area (Å²) in [6.07, 6.45) is 13.0. The van der Waals surface area contributed by atoms with E-state index in [1.807, 2.05) is 0 Å². The molecule has 15 heavy (non-hydrogen) atoms. The summed E-state index contributed by atoms with van der Waals surface area (Å²) in [7, 11) is 0. The van der Waals surface area contributed by atoms with Gasteiger partial charge in [0, 0.05) is 11.6 Å². The van der Waals surface area contributed by atoms with Gasteiger partial charge in [0.15, 0.2) is 0 Å². The predicted octanol–water partition coefficient (Wildman–Crippen LogP) is 5.44. The van der Waals surface area contributed by atoms with Crippen molar-refractivity contribution in [1.29, 1.82) is 0 Å². The van der Waals surface area contributed by atoms with Gasteiger partial charge in [-0.2, -0.15) is 0 Å². The summed E-state index contributed by atoms with van der Waals surface area (Å²) in [5, 5.41) is 7.18. The van der Waals surface area contributed by atoms with Crippen molar-refractivity contribution in [3.05, 3.63) is 0 Å². The third kappa shape index (κ3) is 31.6. The zero-order valence-electron chi connectivity index (χ0n) is 10.1. The van der Waals surface area contributed by atoms with Gasteiger partial charge < -0.3 is 5.11 Å². The Hall–Kier alpha value is -0.240. The lowest BCUT2D eigenvalue weighted by Crippen LogP contribution is -1.79. The van der Waals surface area contributed by atoms with Gasteiger partial charge in [-0.05, 0) is 0 Å². The average Bonchev–Trinajstić information content (AvgIpc) is 2.16. The van der Waals surface area contributed by atoms with E-state index in [0.29, 0.717) is 0 Å². The predicted molar refractivity (Wildman–Crippen MR) is 66.8 cm³/mol. The molecule has 0 saturated carbocycles. The topological polar surface area (TPSA) is 37.3 Å². The molecular formula is C12H25ClO2. The van der Waals surface area contributed by atoms with E-state index < -0.39 is 5.43 Å². The van der Waals surface area contributed by atoms with E-state index in [1.54, 1.807) is 0 Å². The second-order valence-corrected chi connectivity index (χ2v) is 4.05. The maximum Gasteiger partial charge on any atom is 0.401 e. The Morgan fingerprint density at radius 2 is 1.07 bits per heavy atom. The van der Waals surface area contributed by atoms with E-state index in [4.69, 9.17) is 9.90 Å². The van der Waals surface area contributed by atoms with Crippen LogP contribution in [-0.2, 0) is 0 Å². The Morgan fingerprint density at radius 1 is 0.867 bits per heavy atom. The number of carboxylic acid groups (broad SMARTS) is 1. The van der Waals surface area contributed by atoms with Gasteiger partial charge in [-0.3, -0.25) is 0 Å². The van der Waals surface area contributed by atoms with Crippen LogP contribution in [0.25, 0.3) is 0 Å². The second-order valence-electron chi connectivity index (χ2n) is 3.73. The van der Waals surface area contributed by atoms with Crippen molar-refractivity contribution >= 4 is 17.0 Å². The van der Waals surface area contributed by atoms with Crippen molar-refractivity contribution in [3.8, 4) is 0 Å². The van der Waals surface area contributed by atoms with E-state index in [1.165, 1.54) is 57.8 Å². The van der Waals surface area contributed by atoms with Gasteiger partial charge in [0.05, 0.1) is 0 Å². The van der Waals surface area contributed by atoms with Crippen molar-refractivity contribution in [3.63, 3.8) is 0 Å². The van der Waals surface area contributed by atoms with E-state index in [2.05, 4.69) is 25.4 Å². The summed E-state index contributed by atoms with van der Waals surface area (Å²) in [4.78, 5) is 8.77. The normalized spacial score (nSPS) is 9.27. The molecule has 0 rings (SSSR count). The summed E-state index contributed by atoms with van der Waals surface area (Å²) in [6, 6.07) is 0. The third-order valence-electron chi connectivity index (χ3n) is 2.21. The highest BCUT2D eigenvalue weighted by Gasteiger charge is 1.88. The Balaban J connectivity index is 0. The molecule has 0 aliphatic heterocycles. The molecule has 0 aliphatic carbocycles. The fraction of sp³-hybridized carbons (Fsp3) is 0.917. The number of hydrogen-bond donors (Lipinski definition) is 1. The molecule has 0 saturated heterocycles. The first-order valence-electron chi connectivity index (χ1n) is 6.03. The van der Waals surface area contributed by atoms with Crippen LogP contribution >= 0.6 is 11.6 Å². The molecule has 0 heterocycles. The first-order valence-corrected chi connectivity index (χ1v) is 6.41. The van der Waals surface area contributed by atoms with E-state index in [9.17, 15) is 0 Å². The van der Waals surface area contributed by atoms with Crippen molar-refractivity contribution in [2.45, 2.75) is 71.6 Å². The van der Waals surface area contributed by atoms with Gasteiger partial charge in [-0.1, -0.05) is 71.6 Å². The Morgan fingerprint density at radius 3 is 1.27 bits per heavy atom. The van der Waals surface area contributed by atoms with E-state index in [0.717, 1.165) is 0 Å². The van der Waals surface area contributed by atoms with Gasteiger partial charge in [-0.25, -0.2) is 4.79 Å². The van der Waals surface area contributed by atoms with Crippen LogP contribution in [0.5, 0.6) is 0 Å². The Labute approximate surface area is 99.0 Å². The lowest BCUT2D eigenvalue weighted by Gasteiger charge is -1.98. The second kappa shape index (κ2) is 16.2. The van der Waals surface area contributed by atoms with Crippen LogP contribution in [0.3, 0.4) is 0 Å². The number of carbonyl (C=O) groups is 1. The van der Waals surface area contributed by atoms with Gasteiger partial charge in [0.25, 0.3) is 0 Å². The highest BCUT2D eigenvalue weighted by Crippen LogP contribution is 2.08. The monoisotopic (exact) mass is 236 g/mol. The molecule has 0 aromatic heterocycles. The summed E-state index contributed by atoms with van der Waals surface area (Å²) in [5.41, 5.74) is -1.36. The molecule has 0 amide bonds. The molecule has 0 fully saturated rings. The molecule has 3 heteroatoms. The quantitative estimate of drug-likeness (QED) is 0.450. The molecule has 0 unspecified atom stereocenters. The highest BCUT2D eigenvalue weighted by atomic mass is 35.5. The van der Waals surface area contributed by atoms with Crippen LogP contribution in [0.2, 0.25) is 0 Å². The lowest BCUT2D eigenvalue weighted by atomic mass is 10.1. The van der Waals surface area contributed by atoms with Gasteiger partial charge >= 0.3 is 5.43 Å². The van der Waals surface area contributed by atoms with Gasteiger partial charge in [0.2, 0.25) is 0 Å². The van der Waals surface area contributed by atoms with Crippen LogP contribution in [0.15, 0.2) is 0 Å². The van der Waals surface area contributed by atoms with Crippen LogP contribution in [0, 0.1) is 0 Å². The van der Waals surface area contributed by atoms with E-state index in [-0.39, 0.29) is 0 Å². The van der Waals surface area contributed by atoms with Crippen LogP contribution in [-0.4, -0.2) is 10.5 Å². The minimum absolute atomic E-state index is 1.36. The highest BCUT2D eigenvalue weighted by molar-refractivity contribution is 6.60. The lowest BCUT2D eigenvalue weighted by molar-refractivity contribution is 0.220. The zero-order chi connectivity index (χ0) is 11.9. The first kappa shape index (κ1) is 17.2.